The molecular formula is C60H43N3O4S2. The molecule has 8 aromatic rings. The molecule has 0 bridgehead atoms. The third-order valence-corrected chi connectivity index (χ3v) is 13.1. The molecule has 334 valence electrons. The average Bonchev–Trinajstić information content (AvgIpc) is 4.04. The summed E-state index contributed by atoms with van der Waals surface area (Å²) in [6, 6.07) is 61.2. The number of rotatable bonds is 15. The highest BCUT2D eigenvalue weighted by atomic mass is 32.1. The predicted octanol–water partition coefficient (Wildman–Crippen LogP) is 15.6. The van der Waals surface area contributed by atoms with Gasteiger partial charge in [0.25, 0.3) is 5.70 Å². The maximum Gasteiger partial charge on any atom is 0.346 e. The quantitative estimate of drug-likeness (QED) is 0.0459. The van der Waals surface area contributed by atoms with Gasteiger partial charge in [-0.1, -0.05) is 139 Å². The Bertz CT molecular complexity index is 3200. The molecule has 0 aliphatic rings. The second kappa shape index (κ2) is 21.6. The molecule has 0 spiro atoms. The fourth-order valence-electron chi connectivity index (χ4n) is 7.79. The topological polar surface area (TPSA) is 106 Å². The van der Waals surface area contributed by atoms with Crippen LogP contribution in [0.2, 0.25) is 0 Å². The van der Waals surface area contributed by atoms with Gasteiger partial charge in [-0.15, -0.1) is 22.7 Å². The van der Waals surface area contributed by atoms with Gasteiger partial charge in [0, 0.05) is 36.6 Å². The summed E-state index contributed by atoms with van der Waals surface area (Å²) in [5.74, 6) is -2.52. The first-order valence-electron chi connectivity index (χ1n) is 21.8. The predicted molar refractivity (Wildman–Crippen MR) is 285 cm³/mol. The van der Waals surface area contributed by atoms with Crippen molar-refractivity contribution in [3.05, 3.63) is 263 Å². The summed E-state index contributed by atoms with van der Waals surface area (Å²) in [5.41, 5.74) is 12.7. The number of anilines is 3. The molecule has 69 heavy (non-hydrogen) atoms. The lowest BCUT2D eigenvalue weighted by Gasteiger charge is -2.26. The smallest absolute Gasteiger partial charge is 0.346 e. The van der Waals surface area contributed by atoms with Crippen molar-refractivity contribution in [3.8, 4) is 6.07 Å². The molecule has 0 atom stereocenters. The zero-order valence-corrected chi connectivity index (χ0v) is 39.2. The zero-order valence-electron chi connectivity index (χ0n) is 37.6. The number of benzene rings is 6. The largest absolute Gasteiger partial charge is 0.486 e. The van der Waals surface area contributed by atoms with Crippen molar-refractivity contribution in [2.75, 3.05) is 4.90 Å². The molecule has 6 aromatic carbocycles. The van der Waals surface area contributed by atoms with Crippen molar-refractivity contribution in [3.63, 3.8) is 0 Å². The van der Waals surface area contributed by atoms with Gasteiger partial charge in [0.05, 0.1) is 6.57 Å². The first kappa shape index (κ1) is 46.7. The fraction of sp³-hybridized carbons (Fsp3) is 0.0333. The number of hydrogen-bond donors (Lipinski definition) is 2. The molecule has 0 radical (unpaired) electrons. The molecular weight excluding hydrogens is 891 g/mol. The molecule has 0 aliphatic heterocycles. The fourth-order valence-corrected chi connectivity index (χ4v) is 9.77. The van der Waals surface area contributed by atoms with Crippen LogP contribution in [0, 0.1) is 31.8 Å². The van der Waals surface area contributed by atoms with E-state index in [0.29, 0.717) is 9.75 Å². The maximum absolute atomic E-state index is 11.6. The third-order valence-electron chi connectivity index (χ3n) is 11.0. The van der Waals surface area contributed by atoms with Crippen molar-refractivity contribution in [1.82, 2.24) is 0 Å². The Balaban J connectivity index is 1.16. The lowest BCUT2D eigenvalue weighted by Crippen LogP contribution is -2.09. The number of carboxylic acids is 2. The summed E-state index contributed by atoms with van der Waals surface area (Å²) in [7, 11) is 0. The van der Waals surface area contributed by atoms with Gasteiger partial charge in [-0.05, 0) is 143 Å². The van der Waals surface area contributed by atoms with Gasteiger partial charge < -0.3 is 15.1 Å². The Morgan fingerprint density at radius 3 is 1.39 bits per heavy atom. The number of carboxylic acid groups (broad SMARTS) is 2. The molecule has 2 aromatic heterocycles. The van der Waals surface area contributed by atoms with E-state index in [0.717, 1.165) is 71.3 Å². The number of aryl methyl sites for hydroxylation is 2. The third kappa shape index (κ3) is 11.8. The van der Waals surface area contributed by atoms with Crippen molar-refractivity contribution in [2.45, 2.75) is 13.8 Å². The Labute approximate surface area is 409 Å². The zero-order chi connectivity index (χ0) is 48.3. The van der Waals surface area contributed by atoms with Gasteiger partial charge in [-0.2, -0.15) is 5.26 Å². The lowest BCUT2D eigenvalue weighted by molar-refractivity contribution is -0.133. The van der Waals surface area contributed by atoms with Gasteiger partial charge in [0.1, 0.15) is 11.6 Å². The molecule has 0 unspecified atom stereocenters. The van der Waals surface area contributed by atoms with E-state index < -0.39 is 11.9 Å². The van der Waals surface area contributed by atoms with Crippen molar-refractivity contribution >= 4 is 99.3 Å². The van der Waals surface area contributed by atoms with Crippen molar-refractivity contribution < 1.29 is 19.8 Å². The highest BCUT2D eigenvalue weighted by Gasteiger charge is 2.16. The lowest BCUT2D eigenvalue weighted by atomic mass is 10.0. The number of nitrogens with zero attached hydrogens (tertiary/aromatic N) is 3. The Morgan fingerprint density at radius 2 is 0.971 bits per heavy atom. The van der Waals surface area contributed by atoms with E-state index in [-0.39, 0.29) is 11.3 Å². The van der Waals surface area contributed by atoms with Gasteiger partial charge in [0.2, 0.25) is 0 Å². The number of thiophene rings is 2. The van der Waals surface area contributed by atoms with Crippen LogP contribution in [0.25, 0.3) is 52.4 Å². The summed E-state index contributed by atoms with van der Waals surface area (Å²) in [4.78, 5) is 31.8. The molecule has 9 heteroatoms. The Morgan fingerprint density at radius 1 is 0.536 bits per heavy atom. The van der Waals surface area contributed by atoms with Crippen LogP contribution in [0.4, 0.5) is 17.1 Å². The maximum atomic E-state index is 11.6. The van der Waals surface area contributed by atoms with Crippen LogP contribution in [-0.4, -0.2) is 22.2 Å². The highest BCUT2D eigenvalue weighted by molar-refractivity contribution is 7.14. The average molecular weight is 934 g/mol. The second-order valence-electron chi connectivity index (χ2n) is 16.0. The number of nitriles is 1. The van der Waals surface area contributed by atoms with Crippen LogP contribution < -0.4 is 4.90 Å². The number of carbonyl (C=O) groups is 2. The minimum Gasteiger partial charge on any atom is -0.486 e. The van der Waals surface area contributed by atoms with Gasteiger partial charge >= 0.3 is 11.9 Å². The minimum absolute atomic E-state index is 0.321. The van der Waals surface area contributed by atoms with Crippen LogP contribution in [-0.2, 0) is 9.59 Å². The molecule has 0 saturated heterocycles. The van der Waals surface area contributed by atoms with Crippen LogP contribution in [0.5, 0.6) is 0 Å². The van der Waals surface area contributed by atoms with Gasteiger partial charge in [-0.25, -0.2) is 9.64 Å². The molecule has 0 saturated carbocycles. The first-order chi connectivity index (χ1) is 33.5. The van der Waals surface area contributed by atoms with Gasteiger partial charge in [0.15, 0.2) is 0 Å². The molecule has 0 aliphatic carbocycles. The number of hydrogen-bond acceptors (Lipinski definition) is 6. The Kier molecular flexibility index (Phi) is 14.6. The normalized spacial score (nSPS) is 12.1. The van der Waals surface area contributed by atoms with Crippen LogP contribution >= 0.6 is 22.7 Å². The minimum atomic E-state index is -1.26. The molecule has 0 fully saturated rings. The van der Waals surface area contributed by atoms with Crippen molar-refractivity contribution in [2.24, 2.45) is 0 Å². The summed E-state index contributed by atoms with van der Waals surface area (Å²) in [6.07, 6.45) is 11.3. The first-order valence-corrected chi connectivity index (χ1v) is 23.5. The summed E-state index contributed by atoms with van der Waals surface area (Å²) in [5, 5.41) is 28.3. The monoisotopic (exact) mass is 933 g/mol. The van der Waals surface area contributed by atoms with E-state index in [1.807, 2.05) is 84.9 Å². The van der Waals surface area contributed by atoms with E-state index in [1.54, 1.807) is 6.07 Å². The summed E-state index contributed by atoms with van der Waals surface area (Å²) >= 11 is 2.85. The molecule has 0 amide bonds. The Hall–Kier alpha value is -8.86. The van der Waals surface area contributed by atoms with Crippen LogP contribution in [0.1, 0.15) is 64.0 Å². The van der Waals surface area contributed by atoms with E-state index in [9.17, 15) is 25.1 Å². The molecule has 2 heterocycles. The second-order valence-corrected chi connectivity index (χ2v) is 18.3. The molecule has 8 rings (SSSR count). The SMILES string of the molecule is [C-]#[N+]C(=Cc1ccc(C(=Cc2ccc(N(c3ccc(C=Cc4cc(C)cc(C)c4)cc3)c3ccc(C=C(c4ccccc4)c4ccc(C=C(C#N)C(=O)O)s4)cc3)cc2)c2ccccc2)s1)C(=O)O. The number of aliphatic carboxylic acids is 2. The van der Waals surface area contributed by atoms with E-state index >= 15 is 0 Å². The highest BCUT2D eigenvalue weighted by Crippen LogP contribution is 2.38. The van der Waals surface area contributed by atoms with Gasteiger partial charge in [-0.3, -0.25) is 4.79 Å². The summed E-state index contributed by atoms with van der Waals surface area (Å²) < 4.78 is 0. The van der Waals surface area contributed by atoms with Crippen LogP contribution in [0.15, 0.2) is 187 Å². The van der Waals surface area contributed by atoms with Crippen LogP contribution in [0.3, 0.4) is 0 Å². The molecule has 2 N–H and O–H groups in total. The van der Waals surface area contributed by atoms with E-state index in [1.165, 1.54) is 46.0 Å². The summed E-state index contributed by atoms with van der Waals surface area (Å²) in [6.45, 7) is 11.5. The standard InChI is InChI=1S/C60H43N3O4S2/c1-40-32-41(2)34-45(33-40)15-14-42-16-22-49(23-17-42)63(50-24-18-43(19-25-50)35-54(46-10-6-4-7-11-46)57-30-28-52(68-57)37-48(39-61)59(64)65)51-26-20-44(21-27-51)36-55(47-12-8-5-9-13-47)58-31-29-53(69-58)38-56(62-3)60(66)67/h4-38H,1-2H3,(H,64,65)(H,66,67). The molecule has 7 nitrogen and oxygen atoms in total. The van der Waals surface area contributed by atoms with E-state index in [4.69, 9.17) is 6.57 Å². The van der Waals surface area contributed by atoms with E-state index in [2.05, 4.69) is 139 Å². The van der Waals surface area contributed by atoms with Crippen molar-refractivity contribution in [1.29, 1.82) is 5.26 Å².